The number of aliphatic carboxylic acids is 2. The van der Waals surface area contributed by atoms with Crippen molar-refractivity contribution < 1.29 is 86.6 Å². The van der Waals surface area contributed by atoms with Crippen molar-refractivity contribution in [3.8, 4) is 0 Å². The van der Waals surface area contributed by atoms with Crippen LogP contribution in [0.2, 0.25) is 0 Å². The first-order valence-electron chi connectivity index (χ1n) is 10.1. The molecule has 0 fully saturated rings. The van der Waals surface area contributed by atoms with Crippen LogP contribution in [0.1, 0.15) is 27.3 Å². The number of carbonyl (C=O) groups is 3. The summed E-state index contributed by atoms with van der Waals surface area (Å²) in [6.07, 6.45) is 1.22. The van der Waals surface area contributed by atoms with E-state index >= 15 is 0 Å². The number of rotatable bonds is 8. The summed E-state index contributed by atoms with van der Waals surface area (Å²) < 4.78 is 0. The predicted molar refractivity (Wildman–Crippen MR) is 115 cm³/mol. The topological polar surface area (TPSA) is 98.2 Å². The molecule has 1 aliphatic heterocycles. The van der Waals surface area contributed by atoms with Gasteiger partial charge in [0.25, 0.3) is 0 Å². The smallest absolute Gasteiger partial charge is 1.00 e. The van der Waals surface area contributed by atoms with Crippen LogP contribution in [-0.4, -0.2) is 52.2 Å². The Balaban J connectivity index is 0. The number of anilines is 1. The van der Waals surface area contributed by atoms with Crippen LogP contribution in [0.3, 0.4) is 0 Å². The number of carbonyl (C=O) groups excluding carboxylic acids is 1. The number of hydrogen-bond donors (Lipinski definition) is 2. The van der Waals surface area contributed by atoms with Crippen molar-refractivity contribution in [1.82, 2.24) is 4.90 Å². The van der Waals surface area contributed by atoms with Crippen molar-refractivity contribution >= 4 is 23.7 Å². The van der Waals surface area contributed by atoms with E-state index in [1.165, 1.54) is 9.80 Å². The Morgan fingerprint density at radius 3 is 2.28 bits per heavy atom. The SMILES string of the molecule is CCN(C[C@@H](CCc1ccccc1)C(=O)O)C(=O)N1c2ccccc2CC1C(=O)O.[H-].[H-].[Na+].[Na+]. The Kier molecular flexibility index (Phi) is 12.0. The molecule has 2 N–H and O–H groups in total. The summed E-state index contributed by atoms with van der Waals surface area (Å²) in [6, 6.07) is 15.3. The number of carboxylic acid groups (broad SMARTS) is 2. The summed E-state index contributed by atoms with van der Waals surface area (Å²) in [5, 5.41) is 19.3. The average molecular weight is 458 g/mol. The van der Waals surface area contributed by atoms with Gasteiger partial charge in [0, 0.05) is 25.2 Å². The van der Waals surface area contributed by atoms with Crippen LogP contribution in [0.15, 0.2) is 54.6 Å². The summed E-state index contributed by atoms with van der Waals surface area (Å²) in [4.78, 5) is 39.6. The van der Waals surface area contributed by atoms with Gasteiger partial charge in [0.2, 0.25) is 0 Å². The summed E-state index contributed by atoms with van der Waals surface area (Å²) >= 11 is 0. The van der Waals surface area contributed by atoms with Gasteiger partial charge in [-0.25, -0.2) is 9.59 Å². The second kappa shape index (κ2) is 13.4. The molecule has 0 spiro atoms. The molecule has 2 atom stereocenters. The molecule has 162 valence electrons. The minimum absolute atomic E-state index is 0. The van der Waals surface area contributed by atoms with Crippen molar-refractivity contribution in [2.45, 2.75) is 32.2 Å². The molecule has 32 heavy (non-hydrogen) atoms. The van der Waals surface area contributed by atoms with Crippen molar-refractivity contribution in [2.24, 2.45) is 5.92 Å². The van der Waals surface area contributed by atoms with Gasteiger partial charge in [-0.15, -0.1) is 0 Å². The van der Waals surface area contributed by atoms with Gasteiger partial charge in [0.15, 0.2) is 0 Å². The molecule has 1 aliphatic rings. The standard InChI is InChI=1S/C23H26N2O5.2Na.2H/c1-2-24(15-18(21(26)27)13-12-16-8-4-3-5-9-16)23(30)25-19-11-7-6-10-17(19)14-20(25)22(28)29;;;;/h3-11,18,20H,2,12-15H2,1H3,(H,26,27)(H,28,29);;;;/q;2*+1;2*-1/t18-,20?;;;;/m1..../s1. The molecule has 7 nitrogen and oxygen atoms in total. The molecule has 0 aromatic heterocycles. The van der Waals surface area contributed by atoms with Gasteiger partial charge in [0.05, 0.1) is 5.92 Å². The molecule has 0 saturated heterocycles. The first-order chi connectivity index (χ1) is 14.4. The molecule has 0 saturated carbocycles. The number of nitrogens with zero attached hydrogens (tertiary/aromatic N) is 2. The maximum absolute atomic E-state index is 13.3. The van der Waals surface area contributed by atoms with Crippen molar-refractivity contribution in [1.29, 1.82) is 0 Å². The second-order valence-electron chi connectivity index (χ2n) is 7.44. The molecule has 2 aromatic carbocycles. The Bertz CT molecular complexity index is 937. The number of benzene rings is 2. The number of amides is 2. The van der Waals surface area contributed by atoms with Crippen molar-refractivity contribution in [2.75, 3.05) is 18.0 Å². The van der Waals surface area contributed by atoms with E-state index in [4.69, 9.17) is 0 Å². The summed E-state index contributed by atoms with van der Waals surface area (Å²) in [7, 11) is 0. The van der Waals surface area contributed by atoms with E-state index in [9.17, 15) is 24.6 Å². The minimum Gasteiger partial charge on any atom is -1.00 e. The van der Waals surface area contributed by atoms with Crippen LogP contribution >= 0.6 is 0 Å². The van der Waals surface area contributed by atoms with E-state index in [2.05, 4.69) is 0 Å². The average Bonchev–Trinajstić information content (AvgIpc) is 3.14. The van der Waals surface area contributed by atoms with Gasteiger partial charge in [-0.3, -0.25) is 9.69 Å². The third-order valence-corrected chi connectivity index (χ3v) is 5.53. The van der Waals surface area contributed by atoms with E-state index in [1.54, 1.807) is 19.1 Å². The van der Waals surface area contributed by atoms with Gasteiger partial charge < -0.3 is 18.0 Å². The molecule has 3 rings (SSSR count). The van der Waals surface area contributed by atoms with Gasteiger partial charge in [0.1, 0.15) is 6.04 Å². The maximum Gasteiger partial charge on any atom is 1.00 e. The second-order valence-corrected chi connectivity index (χ2v) is 7.44. The molecule has 9 heteroatoms. The van der Waals surface area contributed by atoms with Crippen molar-refractivity contribution in [3.63, 3.8) is 0 Å². The fraction of sp³-hybridized carbons (Fsp3) is 0.348. The summed E-state index contributed by atoms with van der Waals surface area (Å²) in [5.41, 5.74) is 2.41. The van der Waals surface area contributed by atoms with Gasteiger partial charge >= 0.3 is 77.1 Å². The molecule has 1 unspecified atom stereocenters. The number of urea groups is 1. The van der Waals surface area contributed by atoms with Crippen molar-refractivity contribution in [3.05, 3.63) is 65.7 Å². The molecule has 2 aromatic rings. The van der Waals surface area contributed by atoms with Crippen LogP contribution in [-0.2, 0) is 22.4 Å². The third-order valence-electron chi connectivity index (χ3n) is 5.53. The molecule has 0 radical (unpaired) electrons. The quantitative estimate of drug-likeness (QED) is 0.427. The van der Waals surface area contributed by atoms with Crippen LogP contribution in [0.25, 0.3) is 0 Å². The zero-order chi connectivity index (χ0) is 21.7. The van der Waals surface area contributed by atoms with E-state index in [1.807, 2.05) is 42.5 Å². The molecule has 0 aliphatic carbocycles. The Morgan fingerprint density at radius 2 is 1.69 bits per heavy atom. The van der Waals surface area contributed by atoms with Gasteiger partial charge in [-0.05, 0) is 37.0 Å². The third kappa shape index (κ3) is 6.83. The zero-order valence-electron chi connectivity index (χ0n) is 20.9. The number of aryl methyl sites for hydroxylation is 1. The van der Waals surface area contributed by atoms with Gasteiger partial charge in [-0.1, -0.05) is 48.5 Å². The van der Waals surface area contributed by atoms with E-state index < -0.39 is 29.9 Å². The number of para-hydroxylation sites is 1. The number of carboxylic acids is 2. The Labute approximate surface area is 235 Å². The summed E-state index contributed by atoms with van der Waals surface area (Å²) in [5.74, 6) is -2.78. The summed E-state index contributed by atoms with van der Waals surface area (Å²) in [6.45, 7) is 2.09. The van der Waals surface area contributed by atoms with Gasteiger partial charge in [-0.2, -0.15) is 0 Å². The number of hydrogen-bond acceptors (Lipinski definition) is 3. The predicted octanol–water partition coefficient (Wildman–Crippen LogP) is -2.49. The normalized spacial score (nSPS) is 15.0. The molecular formula is C23H28N2Na2O5. The first-order valence-corrected chi connectivity index (χ1v) is 10.1. The fourth-order valence-electron chi connectivity index (χ4n) is 3.86. The van der Waals surface area contributed by atoms with Crippen LogP contribution in [0.4, 0.5) is 10.5 Å². The largest absolute Gasteiger partial charge is 1.00 e. The molecule has 2 amide bonds. The fourth-order valence-corrected chi connectivity index (χ4v) is 3.86. The first kappa shape index (κ1) is 28.7. The van der Waals surface area contributed by atoms with Crippen LogP contribution in [0.5, 0.6) is 0 Å². The van der Waals surface area contributed by atoms with E-state index in [0.717, 1.165) is 11.1 Å². The minimum atomic E-state index is -1.07. The monoisotopic (exact) mass is 458 g/mol. The van der Waals surface area contributed by atoms with E-state index in [-0.39, 0.29) is 74.9 Å². The molecule has 0 bridgehead atoms. The van der Waals surface area contributed by atoms with Crippen LogP contribution in [0, 0.1) is 5.92 Å². The van der Waals surface area contributed by atoms with E-state index in [0.29, 0.717) is 25.1 Å². The molecule has 1 heterocycles. The Morgan fingerprint density at radius 1 is 1.06 bits per heavy atom. The number of fused-ring (bicyclic) bond motifs is 1. The van der Waals surface area contributed by atoms with Crippen LogP contribution < -0.4 is 64.0 Å². The zero-order valence-corrected chi connectivity index (χ0v) is 22.9. The molecular weight excluding hydrogens is 430 g/mol. The maximum atomic E-state index is 13.3. The Hall–Kier alpha value is -1.35.